The van der Waals surface area contributed by atoms with Crippen LogP contribution in [0, 0.1) is 0 Å². The third kappa shape index (κ3) is 6.48. The van der Waals surface area contributed by atoms with Crippen LogP contribution in [0.2, 0.25) is 5.02 Å². The van der Waals surface area contributed by atoms with E-state index < -0.39 is 0 Å². The van der Waals surface area contributed by atoms with Gasteiger partial charge in [0.1, 0.15) is 0 Å². The molecule has 0 heterocycles. The zero-order valence-corrected chi connectivity index (χ0v) is 12.2. The molecule has 0 spiro atoms. The number of nitrogens with two attached hydrogens (primary N) is 1. The maximum absolute atomic E-state index is 11.7. The average Bonchev–Trinajstić information content (AvgIpc) is 2.36. The summed E-state index contributed by atoms with van der Waals surface area (Å²) in [5.74, 6) is -0.359. The van der Waals surface area contributed by atoms with E-state index in [1.165, 1.54) is 25.7 Å². The lowest BCUT2D eigenvalue weighted by atomic mass is 10.1. The van der Waals surface area contributed by atoms with Gasteiger partial charge in [-0.15, -0.1) is 0 Å². The summed E-state index contributed by atoms with van der Waals surface area (Å²) < 4.78 is 5.19. The minimum atomic E-state index is -0.359. The summed E-state index contributed by atoms with van der Waals surface area (Å²) in [5.41, 5.74) is 6.51. The monoisotopic (exact) mass is 283 g/mol. The minimum Gasteiger partial charge on any atom is -0.462 e. The molecule has 2 N–H and O–H groups in total. The molecule has 0 saturated carbocycles. The molecule has 0 aliphatic heterocycles. The Morgan fingerprint density at radius 2 is 1.84 bits per heavy atom. The van der Waals surface area contributed by atoms with Crippen molar-refractivity contribution in [2.45, 2.75) is 45.4 Å². The first-order valence-electron chi connectivity index (χ1n) is 6.86. The molecule has 0 aromatic heterocycles. The van der Waals surface area contributed by atoms with Crippen molar-refractivity contribution in [3.8, 4) is 0 Å². The minimum absolute atomic E-state index is 0.359. The molecule has 19 heavy (non-hydrogen) atoms. The lowest BCUT2D eigenvalue weighted by Gasteiger charge is -2.06. The van der Waals surface area contributed by atoms with Gasteiger partial charge in [0.25, 0.3) is 0 Å². The predicted octanol–water partition coefficient (Wildman–Crippen LogP) is 4.44. The van der Waals surface area contributed by atoms with Crippen LogP contribution in [0.5, 0.6) is 0 Å². The van der Waals surface area contributed by atoms with Gasteiger partial charge in [0.15, 0.2) is 0 Å². The second kappa shape index (κ2) is 8.81. The SMILES string of the molecule is CCCCCCCCOC(=O)c1cc(N)cc(Cl)c1. The Bertz CT molecular complexity index is 387. The van der Waals surface area contributed by atoms with Crippen LogP contribution in [-0.2, 0) is 4.74 Å². The van der Waals surface area contributed by atoms with Gasteiger partial charge >= 0.3 is 5.97 Å². The summed E-state index contributed by atoms with van der Waals surface area (Å²) in [4.78, 5) is 11.7. The van der Waals surface area contributed by atoms with Gasteiger partial charge in [-0.3, -0.25) is 0 Å². The molecule has 0 bridgehead atoms. The Morgan fingerprint density at radius 3 is 2.53 bits per heavy atom. The maximum Gasteiger partial charge on any atom is 0.338 e. The van der Waals surface area contributed by atoms with Crippen molar-refractivity contribution in [1.82, 2.24) is 0 Å². The molecule has 1 aromatic rings. The molecule has 0 radical (unpaired) electrons. The highest BCUT2D eigenvalue weighted by Crippen LogP contribution is 2.17. The summed E-state index contributed by atoms with van der Waals surface area (Å²) >= 11 is 5.84. The number of hydrogen-bond donors (Lipinski definition) is 1. The van der Waals surface area contributed by atoms with Crippen LogP contribution >= 0.6 is 11.6 Å². The Labute approximate surface area is 120 Å². The molecule has 0 fully saturated rings. The average molecular weight is 284 g/mol. The Balaban J connectivity index is 2.24. The van der Waals surface area contributed by atoms with Crippen molar-refractivity contribution in [2.24, 2.45) is 0 Å². The maximum atomic E-state index is 11.7. The fourth-order valence-electron chi connectivity index (χ4n) is 1.86. The number of hydrogen-bond acceptors (Lipinski definition) is 3. The molecular formula is C15H22ClNO2. The number of nitrogen functional groups attached to an aromatic ring is 1. The smallest absolute Gasteiger partial charge is 0.338 e. The Kier molecular flexibility index (Phi) is 7.34. The van der Waals surface area contributed by atoms with E-state index in [1.807, 2.05) is 0 Å². The van der Waals surface area contributed by atoms with E-state index in [-0.39, 0.29) is 5.97 Å². The molecule has 106 valence electrons. The van der Waals surface area contributed by atoms with Gasteiger partial charge in [0, 0.05) is 10.7 Å². The molecule has 0 aliphatic rings. The number of carbonyl (C=O) groups is 1. The lowest BCUT2D eigenvalue weighted by Crippen LogP contribution is -2.07. The van der Waals surface area contributed by atoms with E-state index in [0.29, 0.717) is 22.9 Å². The van der Waals surface area contributed by atoms with Gasteiger partial charge in [-0.1, -0.05) is 50.6 Å². The van der Waals surface area contributed by atoms with Gasteiger partial charge in [0.05, 0.1) is 12.2 Å². The van der Waals surface area contributed by atoms with Crippen LogP contribution in [0.15, 0.2) is 18.2 Å². The van der Waals surface area contributed by atoms with Crippen molar-refractivity contribution in [3.63, 3.8) is 0 Å². The summed E-state index contributed by atoms with van der Waals surface area (Å²) in [6.07, 6.45) is 6.99. The van der Waals surface area contributed by atoms with Crippen molar-refractivity contribution >= 4 is 23.3 Å². The van der Waals surface area contributed by atoms with E-state index in [4.69, 9.17) is 22.1 Å². The number of esters is 1. The third-order valence-electron chi connectivity index (χ3n) is 2.89. The highest BCUT2D eigenvalue weighted by Gasteiger charge is 2.08. The second-order valence-corrected chi connectivity index (χ2v) is 5.11. The number of ether oxygens (including phenoxy) is 1. The fourth-order valence-corrected chi connectivity index (χ4v) is 2.10. The molecule has 0 atom stereocenters. The molecule has 0 aliphatic carbocycles. The molecule has 3 nitrogen and oxygen atoms in total. The number of halogens is 1. The van der Waals surface area contributed by atoms with Crippen molar-refractivity contribution in [3.05, 3.63) is 28.8 Å². The second-order valence-electron chi connectivity index (χ2n) is 4.68. The number of unbranched alkanes of at least 4 members (excludes halogenated alkanes) is 5. The number of rotatable bonds is 8. The molecule has 1 rings (SSSR count). The van der Waals surface area contributed by atoms with E-state index in [1.54, 1.807) is 18.2 Å². The first-order chi connectivity index (χ1) is 9.13. The van der Waals surface area contributed by atoms with Gasteiger partial charge in [-0.25, -0.2) is 4.79 Å². The van der Waals surface area contributed by atoms with Gasteiger partial charge < -0.3 is 10.5 Å². The molecule has 0 saturated heterocycles. The van der Waals surface area contributed by atoms with Gasteiger partial charge in [0.2, 0.25) is 0 Å². The van der Waals surface area contributed by atoms with Crippen LogP contribution in [0.25, 0.3) is 0 Å². The van der Waals surface area contributed by atoms with Crippen molar-refractivity contribution in [2.75, 3.05) is 12.3 Å². The number of carbonyl (C=O) groups excluding carboxylic acids is 1. The molecular weight excluding hydrogens is 262 g/mol. The highest BCUT2D eigenvalue weighted by atomic mass is 35.5. The number of anilines is 1. The first kappa shape index (κ1) is 15.8. The quantitative estimate of drug-likeness (QED) is 0.436. The third-order valence-corrected chi connectivity index (χ3v) is 3.11. The van der Waals surface area contributed by atoms with Gasteiger partial charge in [-0.05, 0) is 24.6 Å². The van der Waals surface area contributed by atoms with Crippen molar-refractivity contribution < 1.29 is 9.53 Å². The van der Waals surface area contributed by atoms with E-state index in [9.17, 15) is 4.79 Å². The topological polar surface area (TPSA) is 52.3 Å². The first-order valence-corrected chi connectivity index (χ1v) is 7.24. The van der Waals surface area contributed by atoms with Crippen LogP contribution in [0.4, 0.5) is 5.69 Å². The Hall–Kier alpha value is -1.22. The zero-order chi connectivity index (χ0) is 14.1. The lowest BCUT2D eigenvalue weighted by molar-refractivity contribution is 0.0497. The number of benzene rings is 1. The standard InChI is InChI=1S/C15H22ClNO2/c1-2-3-4-5-6-7-8-19-15(18)12-9-13(16)11-14(17)10-12/h9-11H,2-8,17H2,1H3. The molecule has 0 unspecified atom stereocenters. The van der Waals surface area contributed by atoms with Crippen LogP contribution in [0.3, 0.4) is 0 Å². The largest absolute Gasteiger partial charge is 0.462 e. The zero-order valence-electron chi connectivity index (χ0n) is 11.5. The van der Waals surface area contributed by atoms with Crippen molar-refractivity contribution in [1.29, 1.82) is 0 Å². The van der Waals surface area contributed by atoms with E-state index in [2.05, 4.69) is 6.92 Å². The van der Waals surface area contributed by atoms with Crippen LogP contribution in [-0.4, -0.2) is 12.6 Å². The molecule has 4 heteroatoms. The van der Waals surface area contributed by atoms with Crippen LogP contribution < -0.4 is 5.73 Å². The van der Waals surface area contributed by atoms with E-state index >= 15 is 0 Å². The van der Waals surface area contributed by atoms with E-state index in [0.717, 1.165) is 12.8 Å². The predicted molar refractivity (Wildman–Crippen MR) is 79.5 cm³/mol. The molecule has 1 aromatic carbocycles. The molecule has 0 amide bonds. The summed E-state index contributed by atoms with van der Waals surface area (Å²) in [6.45, 7) is 2.65. The summed E-state index contributed by atoms with van der Waals surface area (Å²) in [5, 5.41) is 0.450. The highest BCUT2D eigenvalue weighted by molar-refractivity contribution is 6.31. The van der Waals surface area contributed by atoms with Gasteiger partial charge in [-0.2, -0.15) is 0 Å². The summed E-state index contributed by atoms with van der Waals surface area (Å²) in [6, 6.07) is 4.75. The van der Waals surface area contributed by atoms with Crippen LogP contribution in [0.1, 0.15) is 55.8 Å². The summed E-state index contributed by atoms with van der Waals surface area (Å²) in [7, 11) is 0. The Morgan fingerprint density at radius 1 is 1.16 bits per heavy atom. The fraction of sp³-hybridized carbons (Fsp3) is 0.533. The normalized spacial score (nSPS) is 10.4.